The van der Waals surface area contributed by atoms with Crippen molar-refractivity contribution in [1.29, 1.82) is 0 Å². The lowest BCUT2D eigenvalue weighted by molar-refractivity contribution is -0.137. The van der Waals surface area contributed by atoms with Crippen LogP contribution in [0.5, 0.6) is 0 Å². The van der Waals surface area contributed by atoms with Crippen molar-refractivity contribution in [1.82, 2.24) is 5.32 Å². The predicted molar refractivity (Wildman–Crippen MR) is 72.4 cm³/mol. The van der Waals surface area contributed by atoms with Gasteiger partial charge in [-0.1, -0.05) is 44.2 Å². The van der Waals surface area contributed by atoms with Crippen LogP contribution in [0.15, 0.2) is 30.3 Å². The molecule has 1 unspecified atom stereocenters. The zero-order valence-electron chi connectivity index (χ0n) is 11.2. The molecule has 1 aromatic rings. The van der Waals surface area contributed by atoms with Crippen LogP contribution in [-0.4, -0.2) is 23.0 Å². The molecule has 0 fully saturated rings. The van der Waals surface area contributed by atoms with E-state index in [9.17, 15) is 9.59 Å². The van der Waals surface area contributed by atoms with Gasteiger partial charge in [0.15, 0.2) is 0 Å². The van der Waals surface area contributed by atoms with Crippen molar-refractivity contribution in [3.63, 3.8) is 0 Å². The first-order valence-corrected chi connectivity index (χ1v) is 6.24. The summed E-state index contributed by atoms with van der Waals surface area (Å²) >= 11 is 0. The van der Waals surface area contributed by atoms with Crippen molar-refractivity contribution >= 4 is 11.9 Å². The predicted octanol–water partition coefficient (Wildman–Crippen LogP) is 1.30. The Bertz CT molecular complexity index is 432. The molecule has 0 aliphatic carbocycles. The molecular formula is C14H20N2O3. The van der Waals surface area contributed by atoms with E-state index >= 15 is 0 Å². The SMILES string of the molecule is CC(C)[C@H](N)C(=O)NC(CC(=O)O)c1ccccc1. The Hall–Kier alpha value is -1.88. The van der Waals surface area contributed by atoms with Crippen LogP contribution in [-0.2, 0) is 9.59 Å². The van der Waals surface area contributed by atoms with E-state index in [1.54, 1.807) is 24.3 Å². The minimum absolute atomic E-state index is 0.00116. The molecule has 0 aliphatic heterocycles. The summed E-state index contributed by atoms with van der Waals surface area (Å²) in [5, 5.41) is 11.6. The number of amides is 1. The first-order valence-electron chi connectivity index (χ1n) is 6.24. The van der Waals surface area contributed by atoms with E-state index in [-0.39, 0.29) is 18.2 Å². The van der Waals surface area contributed by atoms with E-state index < -0.39 is 18.1 Å². The smallest absolute Gasteiger partial charge is 0.305 e. The fraction of sp³-hybridized carbons (Fsp3) is 0.429. The highest BCUT2D eigenvalue weighted by atomic mass is 16.4. The van der Waals surface area contributed by atoms with Gasteiger partial charge in [-0.2, -0.15) is 0 Å². The first-order chi connectivity index (χ1) is 8.91. The molecule has 4 N–H and O–H groups in total. The largest absolute Gasteiger partial charge is 0.481 e. The fourth-order valence-corrected chi connectivity index (χ4v) is 1.68. The van der Waals surface area contributed by atoms with Crippen molar-refractivity contribution in [2.75, 3.05) is 0 Å². The Labute approximate surface area is 112 Å². The molecule has 19 heavy (non-hydrogen) atoms. The number of rotatable bonds is 6. The second-order valence-electron chi connectivity index (χ2n) is 4.84. The zero-order chi connectivity index (χ0) is 14.4. The molecule has 5 heteroatoms. The maximum Gasteiger partial charge on any atom is 0.305 e. The summed E-state index contributed by atoms with van der Waals surface area (Å²) < 4.78 is 0. The van der Waals surface area contributed by atoms with Crippen molar-refractivity contribution in [3.8, 4) is 0 Å². The van der Waals surface area contributed by atoms with E-state index in [0.29, 0.717) is 0 Å². The number of carbonyl (C=O) groups excluding carboxylic acids is 1. The minimum Gasteiger partial charge on any atom is -0.481 e. The van der Waals surface area contributed by atoms with Gasteiger partial charge in [0, 0.05) is 0 Å². The Balaban J connectivity index is 2.82. The van der Waals surface area contributed by atoms with Crippen molar-refractivity contribution in [2.24, 2.45) is 11.7 Å². The summed E-state index contributed by atoms with van der Waals surface area (Å²) in [4.78, 5) is 22.8. The number of carboxylic acids is 1. The number of nitrogens with two attached hydrogens (primary N) is 1. The monoisotopic (exact) mass is 264 g/mol. The maximum atomic E-state index is 11.9. The Morgan fingerprint density at radius 1 is 1.26 bits per heavy atom. The topological polar surface area (TPSA) is 92.4 Å². The molecule has 0 aromatic heterocycles. The summed E-state index contributed by atoms with van der Waals surface area (Å²) in [5.41, 5.74) is 6.52. The highest BCUT2D eigenvalue weighted by molar-refractivity contribution is 5.82. The fourth-order valence-electron chi connectivity index (χ4n) is 1.68. The molecule has 0 saturated heterocycles. The molecule has 0 radical (unpaired) electrons. The van der Waals surface area contributed by atoms with Crippen LogP contribution in [0.4, 0.5) is 0 Å². The summed E-state index contributed by atoms with van der Waals surface area (Å²) in [6, 6.07) is 7.82. The molecule has 0 spiro atoms. The maximum absolute atomic E-state index is 11.9. The van der Waals surface area contributed by atoms with E-state index in [2.05, 4.69) is 5.32 Å². The van der Waals surface area contributed by atoms with Gasteiger partial charge in [-0.15, -0.1) is 0 Å². The van der Waals surface area contributed by atoms with Gasteiger partial charge in [0.1, 0.15) is 0 Å². The number of hydrogen-bond acceptors (Lipinski definition) is 3. The second-order valence-corrected chi connectivity index (χ2v) is 4.84. The number of aliphatic carboxylic acids is 1. The van der Waals surface area contributed by atoms with E-state index in [0.717, 1.165) is 5.56 Å². The number of carbonyl (C=O) groups is 2. The third-order valence-corrected chi connectivity index (χ3v) is 2.92. The molecule has 1 amide bonds. The standard InChI is InChI=1S/C14H20N2O3/c1-9(2)13(15)14(19)16-11(8-12(17)18)10-6-4-3-5-7-10/h3-7,9,11,13H,8,15H2,1-2H3,(H,16,19)(H,17,18)/t11?,13-/m0/s1. The molecule has 2 atom stereocenters. The van der Waals surface area contributed by atoms with Gasteiger partial charge >= 0.3 is 5.97 Å². The third kappa shape index (κ3) is 4.71. The molecule has 1 aromatic carbocycles. The van der Waals surface area contributed by atoms with Gasteiger partial charge in [0.2, 0.25) is 5.91 Å². The van der Waals surface area contributed by atoms with Crippen molar-refractivity contribution in [2.45, 2.75) is 32.4 Å². The molecule has 1 rings (SSSR count). The molecule has 0 aliphatic rings. The summed E-state index contributed by atoms with van der Waals surface area (Å²) in [6.45, 7) is 3.69. The van der Waals surface area contributed by atoms with Crippen LogP contribution in [0.2, 0.25) is 0 Å². The average Bonchev–Trinajstić information content (AvgIpc) is 2.37. The molecule has 0 heterocycles. The van der Waals surface area contributed by atoms with Gasteiger partial charge in [-0.3, -0.25) is 9.59 Å². The number of benzene rings is 1. The summed E-state index contributed by atoms with van der Waals surface area (Å²) in [7, 11) is 0. The van der Waals surface area contributed by atoms with Crippen LogP contribution in [0.3, 0.4) is 0 Å². The van der Waals surface area contributed by atoms with Crippen molar-refractivity contribution in [3.05, 3.63) is 35.9 Å². The number of hydrogen-bond donors (Lipinski definition) is 3. The molecular weight excluding hydrogens is 244 g/mol. The van der Waals surface area contributed by atoms with Gasteiger partial charge in [0.05, 0.1) is 18.5 Å². The summed E-state index contributed by atoms with van der Waals surface area (Å²) in [5.74, 6) is -1.29. The van der Waals surface area contributed by atoms with E-state index in [1.807, 2.05) is 19.9 Å². The van der Waals surface area contributed by atoms with Crippen LogP contribution >= 0.6 is 0 Å². The van der Waals surface area contributed by atoms with E-state index in [1.165, 1.54) is 0 Å². The second kappa shape index (κ2) is 6.89. The lowest BCUT2D eigenvalue weighted by atomic mass is 10.0. The average molecular weight is 264 g/mol. The molecule has 0 bridgehead atoms. The minimum atomic E-state index is -0.965. The Morgan fingerprint density at radius 3 is 2.32 bits per heavy atom. The van der Waals surface area contributed by atoms with Gasteiger partial charge in [-0.05, 0) is 11.5 Å². The normalized spacial score (nSPS) is 13.9. The lowest BCUT2D eigenvalue weighted by Gasteiger charge is -2.21. The molecule has 5 nitrogen and oxygen atoms in total. The zero-order valence-corrected chi connectivity index (χ0v) is 11.2. The highest BCUT2D eigenvalue weighted by Gasteiger charge is 2.23. The quantitative estimate of drug-likeness (QED) is 0.722. The lowest BCUT2D eigenvalue weighted by Crippen LogP contribution is -2.45. The van der Waals surface area contributed by atoms with Gasteiger partial charge in [-0.25, -0.2) is 0 Å². The van der Waals surface area contributed by atoms with Crippen LogP contribution in [0.1, 0.15) is 31.9 Å². The number of nitrogens with one attached hydrogen (secondary N) is 1. The van der Waals surface area contributed by atoms with E-state index in [4.69, 9.17) is 10.8 Å². The number of carboxylic acid groups (broad SMARTS) is 1. The summed E-state index contributed by atoms with van der Waals surface area (Å²) in [6.07, 6.45) is -0.166. The van der Waals surface area contributed by atoms with Gasteiger partial charge < -0.3 is 16.2 Å². The highest BCUT2D eigenvalue weighted by Crippen LogP contribution is 2.17. The molecule has 104 valence electrons. The van der Waals surface area contributed by atoms with Crippen LogP contribution < -0.4 is 11.1 Å². The molecule has 0 saturated carbocycles. The third-order valence-electron chi connectivity index (χ3n) is 2.92. The Morgan fingerprint density at radius 2 is 1.84 bits per heavy atom. The van der Waals surface area contributed by atoms with Crippen LogP contribution in [0.25, 0.3) is 0 Å². The first kappa shape index (κ1) is 15.2. The van der Waals surface area contributed by atoms with Gasteiger partial charge in [0.25, 0.3) is 0 Å². The van der Waals surface area contributed by atoms with Crippen LogP contribution in [0, 0.1) is 5.92 Å². The van der Waals surface area contributed by atoms with Crippen molar-refractivity contribution < 1.29 is 14.7 Å². The Kier molecular flexibility index (Phi) is 5.51.